The van der Waals surface area contributed by atoms with Gasteiger partial charge in [-0.1, -0.05) is 23.2 Å². The van der Waals surface area contributed by atoms with E-state index in [2.05, 4.69) is 10.5 Å². The molecule has 1 amide bonds. The van der Waals surface area contributed by atoms with E-state index < -0.39 is 5.91 Å². The molecule has 0 unspecified atom stereocenters. The summed E-state index contributed by atoms with van der Waals surface area (Å²) in [5.41, 5.74) is 3.06. The fourth-order valence-corrected chi connectivity index (χ4v) is 2.16. The van der Waals surface area contributed by atoms with E-state index in [0.29, 0.717) is 21.9 Å². The van der Waals surface area contributed by atoms with Gasteiger partial charge in [-0.2, -0.15) is 5.10 Å². The molecule has 2 aromatic carbocycles. The molecule has 0 spiro atoms. The van der Waals surface area contributed by atoms with Crippen molar-refractivity contribution in [1.82, 2.24) is 5.43 Å². The number of phenolic OH excluding ortho intramolecular Hbond substituents is 1. The first kappa shape index (κ1) is 16.1. The lowest BCUT2D eigenvalue weighted by molar-refractivity contribution is 0.0955. The summed E-state index contributed by atoms with van der Waals surface area (Å²) < 4.78 is 5.01. The van der Waals surface area contributed by atoms with Gasteiger partial charge in [0.2, 0.25) is 0 Å². The Morgan fingerprint density at radius 3 is 2.59 bits per heavy atom. The summed E-state index contributed by atoms with van der Waals surface area (Å²) in [6, 6.07) is 9.44. The topological polar surface area (TPSA) is 70.9 Å². The molecular formula is C15H12Cl2N2O3. The van der Waals surface area contributed by atoms with E-state index in [9.17, 15) is 9.90 Å². The van der Waals surface area contributed by atoms with Gasteiger partial charge in [-0.25, -0.2) is 5.43 Å². The van der Waals surface area contributed by atoms with Gasteiger partial charge in [-0.15, -0.1) is 0 Å². The maximum absolute atomic E-state index is 11.9. The smallest absolute Gasteiger partial charge is 0.271 e. The van der Waals surface area contributed by atoms with E-state index in [-0.39, 0.29) is 10.8 Å². The monoisotopic (exact) mass is 338 g/mol. The third kappa shape index (κ3) is 3.90. The molecule has 7 heteroatoms. The summed E-state index contributed by atoms with van der Waals surface area (Å²) >= 11 is 11.6. The van der Waals surface area contributed by atoms with Crippen LogP contribution in [0.2, 0.25) is 10.0 Å². The van der Waals surface area contributed by atoms with Crippen LogP contribution in [0.15, 0.2) is 41.5 Å². The summed E-state index contributed by atoms with van der Waals surface area (Å²) in [5, 5.41) is 14.0. The fourth-order valence-electron chi connectivity index (χ4n) is 1.65. The van der Waals surface area contributed by atoms with E-state index >= 15 is 0 Å². The van der Waals surface area contributed by atoms with Crippen molar-refractivity contribution < 1.29 is 14.6 Å². The number of nitrogens with one attached hydrogen (secondary N) is 1. The number of methoxy groups -OCH3 is 1. The van der Waals surface area contributed by atoms with Crippen LogP contribution in [0, 0.1) is 0 Å². The Hall–Kier alpha value is -2.24. The largest absolute Gasteiger partial charge is 0.506 e. The molecule has 0 saturated carbocycles. The zero-order chi connectivity index (χ0) is 16.1. The van der Waals surface area contributed by atoms with Crippen LogP contribution in [0.25, 0.3) is 0 Å². The van der Waals surface area contributed by atoms with E-state index in [1.165, 1.54) is 18.3 Å². The number of aromatic hydroxyl groups is 1. The van der Waals surface area contributed by atoms with E-state index in [1.807, 2.05) is 0 Å². The molecule has 0 heterocycles. The molecule has 114 valence electrons. The first-order valence-electron chi connectivity index (χ1n) is 6.16. The normalized spacial score (nSPS) is 10.7. The second kappa shape index (κ2) is 7.15. The highest BCUT2D eigenvalue weighted by atomic mass is 35.5. The molecule has 2 N–H and O–H groups in total. The zero-order valence-corrected chi connectivity index (χ0v) is 13.0. The van der Waals surface area contributed by atoms with Crippen LogP contribution >= 0.6 is 23.2 Å². The maximum Gasteiger partial charge on any atom is 0.271 e. The van der Waals surface area contributed by atoms with Gasteiger partial charge < -0.3 is 9.84 Å². The Morgan fingerprint density at radius 1 is 1.27 bits per heavy atom. The van der Waals surface area contributed by atoms with Crippen molar-refractivity contribution in [3.05, 3.63) is 57.6 Å². The predicted octanol–water partition coefficient (Wildman–Crippen LogP) is 3.47. The SMILES string of the molecule is COc1ccc(C(=O)N/N=C/c2cc(Cl)cc(Cl)c2O)cc1. The number of hydrazone groups is 1. The Labute approximate surface area is 137 Å². The Bertz CT molecular complexity index is 715. The van der Waals surface area contributed by atoms with Gasteiger partial charge in [0.05, 0.1) is 18.3 Å². The molecule has 0 aromatic heterocycles. The first-order valence-corrected chi connectivity index (χ1v) is 6.92. The molecule has 0 aliphatic carbocycles. The number of ether oxygens (including phenoxy) is 1. The minimum atomic E-state index is -0.397. The third-order valence-electron chi connectivity index (χ3n) is 2.78. The highest BCUT2D eigenvalue weighted by molar-refractivity contribution is 6.36. The van der Waals surface area contributed by atoms with Crippen molar-refractivity contribution in [2.45, 2.75) is 0 Å². The fraction of sp³-hybridized carbons (Fsp3) is 0.0667. The average Bonchev–Trinajstić information content (AvgIpc) is 2.51. The number of carbonyl (C=O) groups excluding carboxylic acids is 1. The number of benzene rings is 2. The van der Waals surface area contributed by atoms with Crippen molar-refractivity contribution in [3.63, 3.8) is 0 Å². The van der Waals surface area contributed by atoms with Gasteiger partial charge in [-0.05, 0) is 36.4 Å². The summed E-state index contributed by atoms with van der Waals surface area (Å²) in [5.74, 6) is 0.0959. The van der Waals surface area contributed by atoms with Gasteiger partial charge in [-0.3, -0.25) is 4.79 Å². The van der Waals surface area contributed by atoms with Crippen LogP contribution in [-0.4, -0.2) is 24.3 Å². The van der Waals surface area contributed by atoms with Crippen molar-refractivity contribution in [3.8, 4) is 11.5 Å². The van der Waals surface area contributed by atoms with Crippen LogP contribution in [0.4, 0.5) is 0 Å². The number of hydrogen-bond donors (Lipinski definition) is 2. The van der Waals surface area contributed by atoms with Crippen molar-refractivity contribution in [2.75, 3.05) is 7.11 Å². The highest BCUT2D eigenvalue weighted by Crippen LogP contribution is 2.29. The molecule has 0 radical (unpaired) electrons. The van der Waals surface area contributed by atoms with Crippen molar-refractivity contribution >= 4 is 35.3 Å². The van der Waals surface area contributed by atoms with E-state index in [4.69, 9.17) is 27.9 Å². The number of halogens is 2. The van der Waals surface area contributed by atoms with Crippen LogP contribution < -0.4 is 10.2 Å². The molecule has 0 bridgehead atoms. The van der Waals surface area contributed by atoms with Crippen LogP contribution in [0.3, 0.4) is 0 Å². The molecule has 0 fully saturated rings. The molecule has 5 nitrogen and oxygen atoms in total. The van der Waals surface area contributed by atoms with Crippen LogP contribution in [0.1, 0.15) is 15.9 Å². The third-order valence-corrected chi connectivity index (χ3v) is 3.29. The molecule has 0 saturated heterocycles. The van der Waals surface area contributed by atoms with Gasteiger partial charge in [0.25, 0.3) is 5.91 Å². The first-order chi connectivity index (χ1) is 10.5. The number of amides is 1. The second-order valence-electron chi connectivity index (χ2n) is 4.25. The lowest BCUT2D eigenvalue weighted by Gasteiger charge is -2.03. The summed E-state index contributed by atoms with van der Waals surface area (Å²) in [6.07, 6.45) is 1.26. The number of carbonyl (C=O) groups is 1. The van der Waals surface area contributed by atoms with Crippen molar-refractivity contribution in [1.29, 1.82) is 0 Å². The summed E-state index contributed by atoms with van der Waals surface area (Å²) in [4.78, 5) is 11.9. The molecule has 22 heavy (non-hydrogen) atoms. The lowest BCUT2D eigenvalue weighted by Crippen LogP contribution is -2.17. The van der Waals surface area contributed by atoms with Gasteiger partial charge >= 0.3 is 0 Å². The lowest BCUT2D eigenvalue weighted by atomic mass is 10.2. The molecule has 0 aliphatic rings. The number of phenols is 1. The quantitative estimate of drug-likeness (QED) is 0.662. The number of nitrogens with zero attached hydrogens (tertiary/aromatic N) is 1. The minimum Gasteiger partial charge on any atom is -0.506 e. The zero-order valence-electron chi connectivity index (χ0n) is 11.5. The highest BCUT2D eigenvalue weighted by Gasteiger charge is 2.07. The number of rotatable bonds is 4. The maximum atomic E-state index is 11.9. The Morgan fingerprint density at radius 2 is 1.95 bits per heavy atom. The molecule has 0 atom stereocenters. The summed E-state index contributed by atoms with van der Waals surface area (Å²) in [7, 11) is 1.54. The van der Waals surface area contributed by atoms with Crippen molar-refractivity contribution in [2.24, 2.45) is 5.10 Å². The summed E-state index contributed by atoms with van der Waals surface area (Å²) in [6.45, 7) is 0. The van der Waals surface area contributed by atoms with Crippen LogP contribution in [-0.2, 0) is 0 Å². The average molecular weight is 339 g/mol. The Kier molecular flexibility index (Phi) is 5.25. The molecule has 0 aliphatic heterocycles. The predicted molar refractivity (Wildman–Crippen MR) is 86.2 cm³/mol. The second-order valence-corrected chi connectivity index (χ2v) is 5.10. The van der Waals surface area contributed by atoms with Gasteiger partial charge in [0.1, 0.15) is 11.5 Å². The Balaban J connectivity index is 2.07. The van der Waals surface area contributed by atoms with Gasteiger partial charge in [0, 0.05) is 16.1 Å². The van der Waals surface area contributed by atoms with E-state index in [1.54, 1.807) is 31.4 Å². The van der Waals surface area contributed by atoms with E-state index in [0.717, 1.165) is 0 Å². The number of hydrogen-bond acceptors (Lipinski definition) is 4. The molecular weight excluding hydrogens is 327 g/mol. The minimum absolute atomic E-state index is 0.107. The molecule has 2 rings (SSSR count). The standard InChI is InChI=1S/C15H12Cl2N2O3/c1-22-12-4-2-9(3-5-12)15(21)19-18-8-10-6-11(16)7-13(17)14(10)20/h2-8,20H,1H3,(H,19,21)/b18-8+. The van der Waals surface area contributed by atoms with Gasteiger partial charge in [0.15, 0.2) is 0 Å². The molecule has 2 aromatic rings. The van der Waals surface area contributed by atoms with Crippen LogP contribution in [0.5, 0.6) is 11.5 Å².